The lowest BCUT2D eigenvalue weighted by Gasteiger charge is -2.10. The Labute approximate surface area is 151 Å². The first kappa shape index (κ1) is 17.0. The Morgan fingerprint density at radius 2 is 1.96 bits per heavy atom. The van der Waals surface area contributed by atoms with Crippen LogP contribution in [0.1, 0.15) is 17.3 Å². The fourth-order valence-electron chi connectivity index (χ4n) is 2.49. The van der Waals surface area contributed by atoms with E-state index in [-0.39, 0.29) is 17.9 Å². The summed E-state index contributed by atoms with van der Waals surface area (Å²) in [4.78, 5) is 40.6. The smallest absolute Gasteiger partial charge is 0.261 e. The van der Waals surface area contributed by atoms with Crippen molar-refractivity contribution in [1.29, 1.82) is 0 Å². The van der Waals surface area contributed by atoms with Crippen molar-refractivity contribution in [3.8, 4) is 0 Å². The Balaban J connectivity index is 1.87. The highest BCUT2D eigenvalue weighted by Gasteiger charge is 2.12. The maximum atomic E-state index is 12.5. The van der Waals surface area contributed by atoms with Crippen LogP contribution in [0.5, 0.6) is 0 Å². The first-order valence-corrected chi connectivity index (χ1v) is 8.29. The number of ketones is 1. The van der Waals surface area contributed by atoms with Crippen LogP contribution in [0.25, 0.3) is 10.9 Å². The van der Waals surface area contributed by atoms with Gasteiger partial charge in [-0.3, -0.25) is 19.0 Å². The second kappa shape index (κ2) is 6.98. The number of hydrogen-bond acceptors (Lipinski definition) is 4. The van der Waals surface area contributed by atoms with Gasteiger partial charge in [-0.05, 0) is 37.3 Å². The molecule has 0 saturated heterocycles. The summed E-state index contributed by atoms with van der Waals surface area (Å²) in [5.74, 6) is -0.558. The van der Waals surface area contributed by atoms with E-state index in [1.807, 2.05) is 0 Å². The molecule has 25 heavy (non-hydrogen) atoms. The lowest BCUT2D eigenvalue weighted by molar-refractivity contribution is -0.116. The highest BCUT2D eigenvalue weighted by atomic mass is 79.9. The van der Waals surface area contributed by atoms with Crippen molar-refractivity contribution in [2.75, 3.05) is 5.32 Å². The lowest BCUT2D eigenvalue weighted by atomic mass is 10.1. The predicted molar refractivity (Wildman–Crippen MR) is 98.8 cm³/mol. The maximum Gasteiger partial charge on any atom is 0.261 e. The molecule has 126 valence electrons. The van der Waals surface area contributed by atoms with Crippen LogP contribution in [-0.2, 0) is 11.3 Å². The number of rotatable bonds is 4. The molecule has 3 rings (SSSR count). The topological polar surface area (TPSA) is 81.1 Å². The molecule has 0 saturated carbocycles. The third-order valence-electron chi connectivity index (χ3n) is 3.68. The van der Waals surface area contributed by atoms with Gasteiger partial charge in [0.25, 0.3) is 5.56 Å². The molecule has 0 spiro atoms. The molecule has 1 N–H and O–H groups in total. The molecule has 0 atom stereocenters. The van der Waals surface area contributed by atoms with Crippen LogP contribution >= 0.6 is 15.9 Å². The molecule has 0 unspecified atom stereocenters. The molecule has 0 aliphatic heterocycles. The molecule has 3 aromatic rings. The molecule has 6 nitrogen and oxygen atoms in total. The molecule has 1 amide bonds. The number of Topliss-reactive ketones (excluding diaryl/α,β-unsaturated/α-hetero) is 1. The minimum absolute atomic E-state index is 0.148. The Bertz CT molecular complexity index is 1040. The summed E-state index contributed by atoms with van der Waals surface area (Å²) >= 11 is 3.32. The van der Waals surface area contributed by atoms with E-state index >= 15 is 0 Å². The number of halogens is 1. The average molecular weight is 400 g/mol. The van der Waals surface area contributed by atoms with Crippen molar-refractivity contribution in [2.24, 2.45) is 0 Å². The van der Waals surface area contributed by atoms with Crippen LogP contribution < -0.4 is 10.9 Å². The summed E-state index contributed by atoms with van der Waals surface area (Å²) in [6, 6.07) is 11.9. The fourth-order valence-corrected chi connectivity index (χ4v) is 2.85. The molecule has 2 aromatic carbocycles. The number of carbonyl (C=O) groups is 2. The zero-order valence-corrected chi connectivity index (χ0v) is 14.9. The lowest BCUT2D eigenvalue weighted by Crippen LogP contribution is -2.28. The fraction of sp³-hybridized carbons (Fsp3) is 0.111. The maximum absolute atomic E-state index is 12.5. The summed E-state index contributed by atoms with van der Waals surface area (Å²) in [7, 11) is 0. The normalized spacial score (nSPS) is 10.6. The van der Waals surface area contributed by atoms with E-state index in [1.54, 1.807) is 42.5 Å². The number of amides is 1. The van der Waals surface area contributed by atoms with Gasteiger partial charge in [0.1, 0.15) is 6.54 Å². The van der Waals surface area contributed by atoms with Gasteiger partial charge >= 0.3 is 0 Å². The molecule has 0 bridgehead atoms. The predicted octanol–water partition coefficient (Wildman–Crippen LogP) is 3.00. The van der Waals surface area contributed by atoms with Gasteiger partial charge in [-0.2, -0.15) is 0 Å². The molecule has 1 aromatic heterocycles. The van der Waals surface area contributed by atoms with Crippen LogP contribution in [0.3, 0.4) is 0 Å². The number of hydrogen-bond donors (Lipinski definition) is 1. The zero-order chi connectivity index (χ0) is 18.0. The first-order valence-electron chi connectivity index (χ1n) is 7.50. The van der Waals surface area contributed by atoms with Crippen molar-refractivity contribution in [2.45, 2.75) is 13.5 Å². The quantitative estimate of drug-likeness (QED) is 0.683. The Morgan fingerprint density at radius 1 is 1.20 bits per heavy atom. The highest BCUT2D eigenvalue weighted by Crippen LogP contribution is 2.16. The van der Waals surface area contributed by atoms with Gasteiger partial charge in [0.2, 0.25) is 5.91 Å². The van der Waals surface area contributed by atoms with E-state index in [9.17, 15) is 14.4 Å². The van der Waals surface area contributed by atoms with Crippen LogP contribution in [0.2, 0.25) is 0 Å². The summed E-state index contributed by atoms with van der Waals surface area (Å²) in [5.41, 5.74) is 1.10. The number of nitrogens with one attached hydrogen (secondary N) is 1. The number of aromatic nitrogens is 2. The Kier molecular flexibility index (Phi) is 4.76. The van der Waals surface area contributed by atoms with Crippen LogP contribution in [0, 0.1) is 0 Å². The van der Waals surface area contributed by atoms with E-state index in [0.29, 0.717) is 22.2 Å². The van der Waals surface area contributed by atoms with Crippen LogP contribution in [0.15, 0.2) is 58.1 Å². The van der Waals surface area contributed by atoms with E-state index in [1.165, 1.54) is 17.8 Å². The number of para-hydroxylation sites is 1. The monoisotopic (exact) mass is 399 g/mol. The van der Waals surface area contributed by atoms with E-state index in [4.69, 9.17) is 0 Å². The van der Waals surface area contributed by atoms with Gasteiger partial charge in [0.05, 0.1) is 22.9 Å². The standard InChI is InChI=1S/C18H14BrN3O3/c1-11(23)13-4-2-3-5-16(13)21-17(24)9-22-10-20-15-7-6-12(19)8-14(15)18(22)25/h2-8,10H,9H2,1H3,(H,21,24). The van der Waals surface area contributed by atoms with Crippen LogP contribution in [0.4, 0.5) is 5.69 Å². The van der Waals surface area contributed by atoms with E-state index in [0.717, 1.165) is 4.47 Å². The number of anilines is 1. The minimum atomic E-state index is -0.410. The second-order valence-electron chi connectivity index (χ2n) is 5.49. The van der Waals surface area contributed by atoms with Gasteiger partial charge in [-0.15, -0.1) is 0 Å². The summed E-state index contributed by atoms with van der Waals surface area (Å²) in [6.07, 6.45) is 1.34. The van der Waals surface area contributed by atoms with Crippen molar-refractivity contribution < 1.29 is 9.59 Å². The van der Waals surface area contributed by atoms with E-state index in [2.05, 4.69) is 26.2 Å². The number of carbonyl (C=O) groups excluding carboxylic acids is 2. The first-order chi connectivity index (χ1) is 12.0. The second-order valence-corrected chi connectivity index (χ2v) is 6.40. The average Bonchev–Trinajstić information content (AvgIpc) is 2.58. The van der Waals surface area contributed by atoms with Crippen molar-refractivity contribution in [1.82, 2.24) is 9.55 Å². The van der Waals surface area contributed by atoms with Gasteiger partial charge in [0.15, 0.2) is 5.78 Å². The van der Waals surface area contributed by atoms with Crippen molar-refractivity contribution >= 4 is 44.2 Å². The van der Waals surface area contributed by atoms with Gasteiger partial charge in [-0.1, -0.05) is 28.1 Å². The molecule has 0 aliphatic rings. The summed E-state index contributed by atoms with van der Waals surface area (Å²) in [6.45, 7) is 1.24. The molecule has 0 fully saturated rings. The molecule has 7 heteroatoms. The van der Waals surface area contributed by atoms with Gasteiger partial charge in [-0.25, -0.2) is 4.98 Å². The largest absolute Gasteiger partial charge is 0.324 e. The summed E-state index contributed by atoms with van der Waals surface area (Å²) < 4.78 is 2.00. The van der Waals surface area contributed by atoms with E-state index < -0.39 is 5.91 Å². The van der Waals surface area contributed by atoms with Crippen LogP contribution in [-0.4, -0.2) is 21.2 Å². The zero-order valence-electron chi connectivity index (χ0n) is 13.3. The molecule has 0 aliphatic carbocycles. The highest BCUT2D eigenvalue weighted by molar-refractivity contribution is 9.10. The van der Waals surface area contributed by atoms with Gasteiger partial charge < -0.3 is 5.32 Å². The molecular formula is C18H14BrN3O3. The summed E-state index contributed by atoms with van der Waals surface area (Å²) in [5, 5.41) is 3.10. The number of benzene rings is 2. The minimum Gasteiger partial charge on any atom is -0.324 e. The number of nitrogens with zero attached hydrogens (tertiary/aromatic N) is 2. The number of fused-ring (bicyclic) bond motifs is 1. The van der Waals surface area contributed by atoms with Gasteiger partial charge in [0, 0.05) is 10.0 Å². The van der Waals surface area contributed by atoms with Crippen molar-refractivity contribution in [3.05, 3.63) is 69.2 Å². The molecule has 1 heterocycles. The Morgan fingerprint density at radius 3 is 2.72 bits per heavy atom. The molecular weight excluding hydrogens is 386 g/mol. The third-order valence-corrected chi connectivity index (χ3v) is 4.17. The SMILES string of the molecule is CC(=O)c1ccccc1NC(=O)Cn1cnc2ccc(Br)cc2c1=O. The Hall–Kier alpha value is -2.80. The third kappa shape index (κ3) is 3.66. The molecule has 0 radical (unpaired) electrons. The van der Waals surface area contributed by atoms with Crippen molar-refractivity contribution in [3.63, 3.8) is 0 Å².